The molecule has 0 aliphatic heterocycles. The van der Waals surface area contributed by atoms with Gasteiger partial charge in [-0.1, -0.05) is 75.3 Å². The van der Waals surface area contributed by atoms with Crippen molar-refractivity contribution in [3.05, 3.63) is 83.4 Å². The van der Waals surface area contributed by atoms with Gasteiger partial charge in [0.1, 0.15) is 11.5 Å². The van der Waals surface area contributed by atoms with Crippen LogP contribution >= 0.6 is 0 Å². The molecule has 10 radical (unpaired) electrons. The van der Waals surface area contributed by atoms with E-state index < -0.39 is 0 Å². The van der Waals surface area contributed by atoms with Crippen molar-refractivity contribution in [2.75, 3.05) is 0 Å². The Kier molecular flexibility index (Phi) is 13.6. The first-order valence-electron chi connectivity index (χ1n) is 10.9. The largest absolute Gasteiger partial charge is 0.509 e. The number of hydrogen-bond donors (Lipinski definition) is 2. The predicted molar refractivity (Wildman–Crippen MR) is 129 cm³/mol. The van der Waals surface area contributed by atoms with Crippen molar-refractivity contribution < 1.29 is 36.4 Å². The average Bonchev–Trinajstić information content (AvgIpc) is 3.18. The van der Waals surface area contributed by atoms with Gasteiger partial charge in [0.15, 0.2) is 0 Å². The summed E-state index contributed by atoms with van der Waals surface area (Å²) in [6, 6.07) is 0. The normalized spacial score (nSPS) is 24.8. The number of allylic oxidation sites excluding steroid dienone is 3. The first kappa shape index (κ1) is 31.0. The average molecular weight is 502 g/mol. The molecule has 2 nitrogen and oxygen atoms in total. The van der Waals surface area contributed by atoms with E-state index in [-0.39, 0.29) is 37.7 Å². The van der Waals surface area contributed by atoms with E-state index in [1.54, 1.807) is 0 Å². The summed E-state index contributed by atoms with van der Waals surface area (Å²) >= 11 is 0. The van der Waals surface area contributed by atoms with E-state index in [9.17, 15) is 0 Å². The molecule has 0 amide bonds. The maximum Gasteiger partial charge on any atom is 0.130 e. The molecule has 0 aromatic rings. The standard InChI is InChI=1S/2C10H15.C8H12O2.Zr/c2*1-6-7(2)9(4)10(5)8(6)3;1-2-3-6-4-7(9)8(10)5-6;/h2*1-5H3;2,6,9-10H,1,3-5H2;. The van der Waals surface area contributed by atoms with Crippen molar-refractivity contribution in [2.45, 2.75) is 88.5 Å². The molecule has 0 atom stereocenters. The van der Waals surface area contributed by atoms with Crippen molar-refractivity contribution in [3.8, 4) is 0 Å². The zero-order chi connectivity index (χ0) is 23.3. The van der Waals surface area contributed by atoms with E-state index in [2.05, 4.69) is 75.8 Å². The Balaban J connectivity index is 0.000000429. The van der Waals surface area contributed by atoms with Gasteiger partial charge in [-0.15, -0.1) is 6.58 Å². The van der Waals surface area contributed by atoms with E-state index in [1.807, 2.05) is 6.08 Å². The van der Waals surface area contributed by atoms with Gasteiger partial charge in [0, 0.05) is 39.0 Å². The zero-order valence-electron chi connectivity index (χ0n) is 21.4. The number of rotatable bonds is 2. The van der Waals surface area contributed by atoms with Crippen molar-refractivity contribution in [1.29, 1.82) is 0 Å². The zero-order valence-corrected chi connectivity index (χ0v) is 23.8. The Morgan fingerprint density at radius 2 is 0.774 bits per heavy atom. The molecule has 2 N–H and O–H groups in total. The number of hydrogen-bond acceptors (Lipinski definition) is 2. The van der Waals surface area contributed by atoms with Crippen LogP contribution in [0.3, 0.4) is 0 Å². The van der Waals surface area contributed by atoms with Crippen LogP contribution < -0.4 is 0 Å². The third kappa shape index (κ3) is 7.76. The summed E-state index contributed by atoms with van der Waals surface area (Å²) in [5.41, 5.74) is 0. The second-order valence-electron chi connectivity index (χ2n) is 8.94. The summed E-state index contributed by atoms with van der Waals surface area (Å²) in [4.78, 5) is 0. The molecule has 3 aliphatic rings. The van der Waals surface area contributed by atoms with Crippen molar-refractivity contribution in [1.82, 2.24) is 0 Å². The Bertz CT molecular complexity index is 438. The smallest absolute Gasteiger partial charge is 0.130 e. The van der Waals surface area contributed by atoms with E-state index in [0.29, 0.717) is 18.8 Å². The van der Waals surface area contributed by atoms with E-state index in [1.165, 1.54) is 59.2 Å². The molecule has 170 valence electrons. The summed E-state index contributed by atoms with van der Waals surface area (Å²) in [6.45, 7) is 25.6. The molecule has 31 heavy (non-hydrogen) atoms. The summed E-state index contributed by atoms with van der Waals surface area (Å²) in [5, 5.41) is 18.0. The molecule has 3 aliphatic carbocycles. The Hall–Kier alpha value is -0.0369. The van der Waals surface area contributed by atoms with Crippen molar-refractivity contribution >= 4 is 0 Å². The fourth-order valence-corrected chi connectivity index (χ4v) is 4.07. The van der Waals surface area contributed by atoms with Gasteiger partial charge in [-0.25, -0.2) is 0 Å². The molecule has 0 bridgehead atoms. The molecule has 0 aromatic heterocycles. The molecule has 0 spiro atoms. The fraction of sp³-hybridized carbons (Fsp3) is 0.500. The van der Waals surface area contributed by atoms with Crippen LogP contribution in [0, 0.1) is 65.1 Å². The van der Waals surface area contributed by atoms with Crippen LogP contribution in [-0.4, -0.2) is 10.2 Å². The predicted octanol–water partition coefficient (Wildman–Crippen LogP) is 8.24. The minimum Gasteiger partial charge on any atom is -0.509 e. The summed E-state index contributed by atoms with van der Waals surface area (Å²) < 4.78 is 0. The van der Waals surface area contributed by atoms with Gasteiger partial charge in [0.05, 0.1) is 0 Å². The number of aliphatic hydroxyl groups is 2. The molecule has 0 aromatic carbocycles. The van der Waals surface area contributed by atoms with Gasteiger partial charge >= 0.3 is 0 Å². The quantitative estimate of drug-likeness (QED) is 0.374. The Morgan fingerprint density at radius 1 is 0.581 bits per heavy atom. The molecule has 2 fully saturated rings. The minimum absolute atomic E-state index is 0. The Morgan fingerprint density at radius 3 is 0.935 bits per heavy atom. The Labute approximate surface area is 213 Å². The molecule has 0 unspecified atom stereocenters. The van der Waals surface area contributed by atoms with E-state index in [4.69, 9.17) is 10.2 Å². The SMILES string of the molecule is C=CCC1CC(O)=C(O)C1.C[C]1[C](C)[C](C)[C](C)[C]1C.C[C]1[C](C)[C](C)[C](C)[C]1C.[Zr]. The topological polar surface area (TPSA) is 40.5 Å². The minimum atomic E-state index is 0. The van der Waals surface area contributed by atoms with Crippen molar-refractivity contribution in [3.63, 3.8) is 0 Å². The molecule has 0 saturated heterocycles. The van der Waals surface area contributed by atoms with Crippen LogP contribution in [0.1, 0.15) is 88.5 Å². The third-order valence-corrected chi connectivity index (χ3v) is 7.42. The third-order valence-electron chi connectivity index (χ3n) is 7.42. The maximum atomic E-state index is 8.99. The van der Waals surface area contributed by atoms with E-state index >= 15 is 0 Å². The van der Waals surface area contributed by atoms with Gasteiger partial charge < -0.3 is 10.2 Å². The summed E-state index contributed by atoms with van der Waals surface area (Å²) in [6.07, 6.45) is 3.90. The van der Waals surface area contributed by atoms with Gasteiger partial charge in [-0.05, 0) is 71.5 Å². The number of aliphatic hydroxyl groups excluding tert-OH is 2. The molecule has 3 heteroatoms. The van der Waals surface area contributed by atoms with Gasteiger partial charge in [-0.2, -0.15) is 0 Å². The van der Waals surface area contributed by atoms with E-state index in [0.717, 1.165) is 6.42 Å². The molecular formula is C28H42O2Zr. The first-order valence-corrected chi connectivity index (χ1v) is 10.9. The first-order chi connectivity index (χ1) is 13.8. The molecular weight excluding hydrogens is 460 g/mol. The fourth-order valence-electron chi connectivity index (χ4n) is 4.07. The van der Waals surface area contributed by atoms with Gasteiger partial charge in [0.25, 0.3) is 0 Å². The van der Waals surface area contributed by atoms with Crippen LogP contribution in [0.4, 0.5) is 0 Å². The monoisotopic (exact) mass is 500 g/mol. The van der Waals surface area contributed by atoms with Gasteiger partial charge in [0.2, 0.25) is 0 Å². The second-order valence-corrected chi connectivity index (χ2v) is 8.94. The molecule has 0 heterocycles. The molecule has 3 rings (SSSR count). The van der Waals surface area contributed by atoms with Crippen LogP contribution in [0.5, 0.6) is 0 Å². The van der Waals surface area contributed by atoms with Gasteiger partial charge in [-0.3, -0.25) is 0 Å². The summed E-state index contributed by atoms with van der Waals surface area (Å²) in [7, 11) is 0. The van der Waals surface area contributed by atoms with Crippen LogP contribution in [0.15, 0.2) is 24.2 Å². The van der Waals surface area contributed by atoms with Crippen LogP contribution in [-0.2, 0) is 26.2 Å². The van der Waals surface area contributed by atoms with Crippen LogP contribution in [0.2, 0.25) is 0 Å². The second kappa shape index (κ2) is 13.6. The molecule has 2 saturated carbocycles. The van der Waals surface area contributed by atoms with Crippen molar-refractivity contribution in [2.24, 2.45) is 5.92 Å². The van der Waals surface area contributed by atoms with Crippen LogP contribution in [0.25, 0.3) is 0 Å². The summed E-state index contributed by atoms with van der Waals surface area (Å²) in [5.74, 6) is 15.4. The maximum absolute atomic E-state index is 8.99.